The average molecular weight is 209 g/mol. The van der Waals surface area contributed by atoms with Crippen LogP contribution in [0.15, 0.2) is 30.5 Å². The summed E-state index contributed by atoms with van der Waals surface area (Å²) in [5.41, 5.74) is 7.96. The van der Waals surface area contributed by atoms with Crippen molar-refractivity contribution in [1.82, 2.24) is 4.98 Å². The lowest BCUT2D eigenvalue weighted by Gasteiger charge is -2.19. The molecular weight excluding hydrogens is 194 g/mol. The first-order valence-corrected chi connectivity index (χ1v) is 5.79. The molecule has 0 N–H and O–H groups in total. The lowest BCUT2D eigenvalue weighted by molar-refractivity contribution is 0.922. The molecule has 0 saturated heterocycles. The fourth-order valence-corrected chi connectivity index (χ4v) is 2.49. The van der Waals surface area contributed by atoms with E-state index >= 15 is 0 Å². The van der Waals surface area contributed by atoms with Gasteiger partial charge in [-0.05, 0) is 43.4 Å². The number of hydrogen-bond acceptors (Lipinski definition) is 1. The summed E-state index contributed by atoms with van der Waals surface area (Å²) in [7, 11) is 0. The first-order valence-electron chi connectivity index (χ1n) is 5.79. The summed E-state index contributed by atoms with van der Waals surface area (Å²) in [5.74, 6) is 0. The number of benzene rings is 1. The molecule has 0 unspecified atom stereocenters. The van der Waals surface area contributed by atoms with Crippen LogP contribution >= 0.6 is 0 Å². The zero-order valence-corrected chi connectivity index (χ0v) is 9.75. The maximum atomic E-state index is 4.59. The summed E-state index contributed by atoms with van der Waals surface area (Å²) < 4.78 is 0. The number of hydrogen-bond donors (Lipinski definition) is 0. The van der Waals surface area contributed by atoms with E-state index in [-0.39, 0.29) is 0 Å². The van der Waals surface area contributed by atoms with Crippen LogP contribution in [-0.4, -0.2) is 4.98 Å². The van der Waals surface area contributed by atoms with Crippen LogP contribution in [0.5, 0.6) is 0 Å². The fraction of sp³-hybridized carbons (Fsp3) is 0.267. The van der Waals surface area contributed by atoms with E-state index < -0.39 is 0 Å². The minimum Gasteiger partial charge on any atom is -0.256 e. The molecule has 1 nitrogen and oxygen atoms in total. The van der Waals surface area contributed by atoms with Gasteiger partial charge in [0.2, 0.25) is 0 Å². The highest BCUT2D eigenvalue weighted by Gasteiger charge is 2.16. The molecule has 0 aliphatic heterocycles. The van der Waals surface area contributed by atoms with Gasteiger partial charge in [0.25, 0.3) is 0 Å². The fourth-order valence-electron chi connectivity index (χ4n) is 2.49. The third-order valence-electron chi connectivity index (χ3n) is 3.28. The Bertz CT molecular complexity index is 504. The number of fused-ring (bicyclic) bond motifs is 3. The molecule has 0 radical (unpaired) electrons. The van der Waals surface area contributed by atoms with Gasteiger partial charge in [-0.1, -0.05) is 29.8 Å². The molecule has 0 fully saturated rings. The van der Waals surface area contributed by atoms with Crippen molar-refractivity contribution >= 4 is 0 Å². The molecular formula is C15H15N. The van der Waals surface area contributed by atoms with Crippen LogP contribution < -0.4 is 0 Å². The van der Waals surface area contributed by atoms with Gasteiger partial charge in [0.05, 0.1) is 5.69 Å². The summed E-state index contributed by atoms with van der Waals surface area (Å²) in [6, 6.07) is 8.95. The largest absolute Gasteiger partial charge is 0.256 e. The third-order valence-corrected chi connectivity index (χ3v) is 3.28. The van der Waals surface area contributed by atoms with Crippen molar-refractivity contribution in [2.45, 2.75) is 26.7 Å². The van der Waals surface area contributed by atoms with Crippen LogP contribution in [0.2, 0.25) is 0 Å². The minimum atomic E-state index is 1.13. The van der Waals surface area contributed by atoms with Gasteiger partial charge in [0.15, 0.2) is 0 Å². The molecule has 0 spiro atoms. The molecule has 2 aromatic rings. The summed E-state index contributed by atoms with van der Waals surface area (Å²) in [5, 5.41) is 0. The summed E-state index contributed by atoms with van der Waals surface area (Å²) in [6.45, 7) is 4.26. The van der Waals surface area contributed by atoms with E-state index in [1.807, 2.05) is 6.20 Å². The Labute approximate surface area is 96.2 Å². The number of rotatable bonds is 0. The standard InChI is InChI=1S/C15H15N/c1-10-3-6-14-12(7-10)4-5-13-8-11(2)9-16-15(13)14/h3,6-9H,4-5H2,1-2H3. The summed E-state index contributed by atoms with van der Waals surface area (Å²) in [6.07, 6.45) is 4.24. The predicted octanol–water partition coefficient (Wildman–Crippen LogP) is 3.46. The molecule has 1 heteroatoms. The van der Waals surface area contributed by atoms with Crippen LogP contribution in [0.1, 0.15) is 22.3 Å². The molecule has 1 aromatic heterocycles. The molecule has 1 heterocycles. The van der Waals surface area contributed by atoms with Crippen LogP contribution in [-0.2, 0) is 12.8 Å². The molecule has 1 aromatic carbocycles. The van der Waals surface area contributed by atoms with Gasteiger partial charge < -0.3 is 0 Å². The third kappa shape index (κ3) is 1.44. The molecule has 80 valence electrons. The highest BCUT2D eigenvalue weighted by atomic mass is 14.7. The SMILES string of the molecule is Cc1ccc2c(c1)CCc1cc(C)cnc1-2. The van der Waals surface area contributed by atoms with Crippen molar-refractivity contribution < 1.29 is 0 Å². The number of pyridine rings is 1. The molecule has 3 rings (SSSR count). The Morgan fingerprint density at radius 3 is 2.56 bits per heavy atom. The number of nitrogens with zero attached hydrogens (tertiary/aromatic N) is 1. The quantitative estimate of drug-likeness (QED) is 0.647. The second-order valence-corrected chi connectivity index (χ2v) is 4.68. The Morgan fingerprint density at radius 1 is 0.938 bits per heavy atom. The second-order valence-electron chi connectivity index (χ2n) is 4.68. The number of aryl methyl sites for hydroxylation is 4. The first kappa shape index (κ1) is 9.59. The molecule has 16 heavy (non-hydrogen) atoms. The first-order chi connectivity index (χ1) is 7.74. The van der Waals surface area contributed by atoms with E-state index in [0.29, 0.717) is 0 Å². The maximum absolute atomic E-state index is 4.59. The van der Waals surface area contributed by atoms with Crippen molar-refractivity contribution in [3.8, 4) is 11.3 Å². The Hall–Kier alpha value is -1.63. The lowest BCUT2D eigenvalue weighted by atomic mass is 9.88. The highest BCUT2D eigenvalue weighted by Crippen LogP contribution is 2.32. The van der Waals surface area contributed by atoms with Gasteiger partial charge in [-0.3, -0.25) is 4.98 Å². The van der Waals surface area contributed by atoms with Gasteiger partial charge >= 0.3 is 0 Å². The van der Waals surface area contributed by atoms with E-state index in [2.05, 4.69) is 43.1 Å². The van der Waals surface area contributed by atoms with E-state index in [4.69, 9.17) is 0 Å². The van der Waals surface area contributed by atoms with Crippen molar-refractivity contribution in [1.29, 1.82) is 0 Å². The van der Waals surface area contributed by atoms with Crippen LogP contribution in [0.4, 0.5) is 0 Å². The van der Waals surface area contributed by atoms with Crippen molar-refractivity contribution in [3.05, 3.63) is 52.7 Å². The van der Waals surface area contributed by atoms with Gasteiger partial charge in [-0.15, -0.1) is 0 Å². The van der Waals surface area contributed by atoms with E-state index in [9.17, 15) is 0 Å². The van der Waals surface area contributed by atoms with E-state index in [1.54, 1.807) is 0 Å². The van der Waals surface area contributed by atoms with Gasteiger partial charge in [0, 0.05) is 11.8 Å². The highest BCUT2D eigenvalue weighted by molar-refractivity contribution is 5.70. The van der Waals surface area contributed by atoms with Crippen LogP contribution in [0, 0.1) is 13.8 Å². The van der Waals surface area contributed by atoms with E-state index in [0.717, 1.165) is 12.8 Å². The average Bonchev–Trinajstić information content (AvgIpc) is 2.28. The predicted molar refractivity (Wildman–Crippen MR) is 66.6 cm³/mol. The molecule has 1 aliphatic rings. The zero-order valence-electron chi connectivity index (χ0n) is 9.75. The van der Waals surface area contributed by atoms with Crippen LogP contribution in [0.25, 0.3) is 11.3 Å². The zero-order chi connectivity index (χ0) is 11.1. The van der Waals surface area contributed by atoms with Crippen LogP contribution in [0.3, 0.4) is 0 Å². The minimum absolute atomic E-state index is 1.13. The molecule has 0 atom stereocenters. The molecule has 0 bridgehead atoms. The lowest BCUT2D eigenvalue weighted by Crippen LogP contribution is -2.06. The van der Waals surface area contributed by atoms with Crippen molar-refractivity contribution in [2.24, 2.45) is 0 Å². The Morgan fingerprint density at radius 2 is 1.69 bits per heavy atom. The molecule has 0 saturated carbocycles. The topological polar surface area (TPSA) is 12.9 Å². The smallest absolute Gasteiger partial charge is 0.0736 e. The van der Waals surface area contributed by atoms with Crippen molar-refractivity contribution in [2.75, 3.05) is 0 Å². The number of aromatic nitrogens is 1. The Kier molecular flexibility index (Phi) is 2.06. The van der Waals surface area contributed by atoms with E-state index in [1.165, 1.54) is 33.5 Å². The van der Waals surface area contributed by atoms with Gasteiger partial charge in [-0.2, -0.15) is 0 Å². The molecule has 0 amide bonds. The maximum Gasteiger partial charge on any atom is 0.0736 e. The van der Waals surface area contributed by atoms with Gasteiger partial charge in [-0.25, -0.2) is 0 Å². The summed E-state index contributed by atoms with van der Waals surface area (Å²) in [4.78, 5) is 4.59. The molecule has 1 aliphatic carbocycles. The Balaban J connectivity index is 2.23. The second kappa shape index (κ2) is 3.44. The summed E-state index contributed by atoms with van der Waals surface area (Å²) >= 11 is 0. The van der Waals surface area contributed by atoms with Crippen molar-refractivity contribution in [3.63, 3.8) is 0 Å². The normalized spacial score (nSPS) is 13.1. The monoisotopic (exact) mass is 209 g/mol. The van der Waals surface area contributed by atoms with Gasteiger partial charge in [0.1, 0.15) is 0 Å².